The van der Waals surface area contributed by atoms with E-state index in [4.69, 9.17) is 4.74 Å². The average molecular weight is 576 g/mol. The molecule has 0 aromatic heterocycles. The van der Waals surface area contributed by atoms with Crippen LogP contribution in [0.1, 0.15) is 32.8 Å². The molecule has 17 heteroatoms. The second kappa shape index (κ2) is 9.59. The smallest absolute Gasteiger partial charge is 0.460 e. The van der Waals surface area contributed by atoms with Gasteiger partial charge in [0.1, 0.15) is 5.75 Å². The largest absolute Gasteiger partial charge is 0.493 e. The van der Waals surface area contributed by atoms with Gasteiger partial charge in [-0.15, -0.1) is 0 Å². The summed E-state index contributed by atoms with van der Waals surface area (Å²) >= 11 is 0. The van der Waals surface area contributed by atoms with Gasteiger partial charge in [-0.05, 0) is 30.5 Å². The van der Waals surface area contributed by atoms with Crippen molar-refractivity contribution in [3.8, 4) is 5.75 Å². The summed E-state index contributed by atoms with van der Waals surface area (Å²) in [7, 11) is 0. The highest BCUT2D eigenvalue weighted by molar-refractivity contribution is 5.32. The number of aliphatic hydroxyl groups is 1. The summed E-state index contributed by atoms with van der Waals surface area (Å²) in [6.07, 6.45) is -10.6. The van der Waals surface area contributed by atoms with Gasteiger partial charge in [0.05, 0.1) is 18.6 Å². The quantitative estimate of drug-likeness (QED) is 0.274. The third-order valence-corrected chi connectivity index (χ3v) is 5.00. The molecule has 1 aromatic rings. The highest BCUT2D eigenvalue weighted by Gasteiger charge is 2.93. The van der Waals surface area contributed by atoms with E-state index in [0.29, 0.717) is 6.92 Å². The minimum Gasteiger partial charge on any atom is -0.493 e. The van der Waals surface area contributed by atoms with E-state index in [1.807, 2.05) is 0 Å². The third kappa shape index (κ3) is 5.55. The second-order valence-electron chi connectivity index (χ2n) is 8.76. The average Bonchev–Trinajstić information content (AvgIpc) is 2.70. The van der Waals surface area contributed by atoms with E-state index < -0.39 is 59.3 Å². The summed E-state index contributed by atoms with van der Waals surface area (Å²) < 4.78 is 206. The fourth-order valence-electron chi connectivity index (χ4n) is 2.83. The first-order chi connectivity index (χ1) is 16.1. The Labute approximate surface area is 199 Å². The Morgan fingerprint density at radius 1 is 0.703 bits per heavy atom. The van der Waals surface area contributed by atoms with Crippen LogP contribution in [-0.2, 0) is 5.60 Å². The molecule has 0 fully saturated rings. The molecule has 0 saturated carbocycles. The topological polar surface area (TPSA) is 29.5 Å². The lowest BCUT2D eigenvalue weighted by Crippen LogP contribution is -2.72. The van der Waals surface area contributed by atoms with Crippen molar-refractivity contribution < 1.29 is 75.7 Å². The predicted molar refractivity (Wildman–Crippen MR) is 96.7 cm³/mol. The summed E-state index contributed by atoms with van der Waals surface area (Å²) in [4.78, 5) is 0. The molecule has 1 atom stereocenters. The van der Waals surface area contributed by atoms with Gasteiger partial charge in [-0.25, -0.2) is 0 Å². The Morgan fingerprint density at radius 3 is 1.57 bits per heavy atom. The molecule has 1 rings (SSSR count). The molecule has 0 aliphatic rings. The first-order valence-electron chi connectivity index (χ1n) is 9.89. The Balaban J connectivity index is 3.47. The molecule has 1 unspecified atom stereocenters. The molecule has 37 heavy (non-hydrogen) atoms. The third-order valence-electron chi connectivity index (χ3n) is 5.00. The highest BCUT2D eigenvalue weighted by Crippen LogP contribution is 2.63. The van der Waals surface area contributed by atoms with Crippen LogP contribution in [0.25, 0.3) is 0 Å². The van der Waals surface area contributed by atoms with Crippen molar-refractivity contribution in [2.24, 2.45) is 5.92 Å². The molecular weight excluding hydrogens is 557 g/mol. The molecule has 0 heterocycles. The molecule has 216 valence electrons. The number of hydrogen-bond acceptors (Lipinski definition) is 2. The Kier molecular flexibility index (Phi) is 8.55. The molecule has 0 spiro atoms. The monoisotopic (exact) mass is 576 g/mol. The van der Waals surface area contributed by atoms with E-state index in [1.165, 1.54) is 6.07 Å². The SMILES string of the molecule is CC(C)COc1cccc(C(C)(O)CC(F)(F)C(F)(F)C(F)(F)C(F)(F)C(F)(F)C(F)(F)C(F)(F)F)c1. The molecule has 0 aliphatic heterocycles. The first kappa shape index (κ1) is 33.0. The van der Waals surface area contributed by atoms with Crippen molar-refractivity contribution >= 4 is 0 Å². The molecule has 0 bridgehead atoms. The normalized spacial score (nSPS) is 16.6. The van der Waals surface area contributed by atoms with E-state index in [1.54, 1.807) is 13.8 Å². The van der Waals surface area contributed by atoms with Crippen LogP contribution in [0, 0.1) is 5.92 Å². The number of alkyl halides is 15. The minimum absolute atomic E-state index is 0.0118. The number of ether oxygens (including phenoxy) is 1. The van der Waals surface area contributed by atoms with Crippen LogP contribution in [0.5, 0.6) is 5.75 Å². The van der Waals surface area contributed by atoms with Gasteiger partial charge in [0.15, 0.2) is 0 Å². The van der Waals surface area contributed by atoms with E-state index in [2.05, 4.69) is 0 Å². The van der Waals surface area contributed by atoms with Gasteiger partial charge in [0.2, 0.25) is 0 Å². The summed E-state index contributed by atoms with van der Waals surface area (Å²) in [6, 6.07) is 3.74. The zero-order chi connectivity index (χ0) is 29.7. The van der Waals surface area contributed by atoms with Crippen LogP contribution in [0.4, 0.5) is 65.9 Å². The second-order valence-corrected chi connectivity index (χ2v) is 8.76. The van der Waals surface area contributed by atoms with Crippen molar-refractivity contribution in [3.05, 3.63) is 29.8 Å². The summed E-state index contributed by atoms with van der Waals surface area (Å²) in [5.74, 6) is -47.5. The standard InChI is InChI=1S/C20H19F15O2/c1-10(2)8-37-12-6-4-5-11(7-12)13(3,36)9-14(21,22)15(23,24)16(25,26)17(27,28)18(29,30)19(31,32)20(33,34)35/h4-7,10,36H,8-9H2,1-3H3. The Morgan fingerprint density at radius 2 is 1.14 bits per heavy atom. The number of rotatable bonds is 11. The molecule has 2 nitrogen and oxygen atoms in total. The van der Waals surface area contributed by atoms with E-state index in [-0.39, 0.29) is 18.3 Å². The molecule has 0 amide bonds. The summed E-state index contributed by atoms with van der Waals surface area (Å²) in [5, 5.41) is 10.2. The Bertz CT molecular complexity index is 936. The maximum Gasteiger partial charge on any atom is 0.460 e. The molecule has 0 radical (unpaired) electrons. The highest BCUT2D eigenvalue weighted by atomic mass is 19.4. The lowest BCUT2D eigenvalue weighted by atomic mass is 9.83. The van der Waals surface area contributed by atoms with E-state index in [0.717, 1.165) is 18.2 Å². The van der Waals surface area contributed by atoms with Gasteiger partial charge in [-0.1, -0.05) is 26.0 Å². The zero-order valence-corrected chi connectivity index (χ0v) is 18.8. The van der Waals surface area contributed by atoms with Gasteiger partial charge in [-0.3, -0.25) is 0 Å². The van der Waals surface area contributed by atoms with Crippen LogP contribution in [0.2, 0.25) is 0 Å². The van der Waals surface area contributed by atoms with Gasteiger partial charge >= 0.3 is 41.7 Å². The van der Waals surface area contributed by atoms with Crippen LogP contribution in [0.3, 0.4) is 0 Å². The fourth-order valence-corrected chi connectivity index (χ4v) is 2.83. The molecule has 1 N–H and O–H groups in total. The van der Waals surface area contributed by atoms with E-state index in [9.17, 15) is 71.0 Å². The van der Waals surface area contributed by atoms with Gasteiger partial charge < -0.3 is 9.84 Å². The van der Waals surface area contributed by atoms with E-state index >= 15 is 0 Å². The predicted octanol–water partition coefficient (Wildman–Crippen LogP) is 7.69. The summed E-state index contributed by atoms with van der Waals surface area (Å²) in [5.41, 5.74) is -4.04. The van der Waals surface area contributed by atoms with Gasteiger partial charge in [-0.2, -0.15) is 65.9 Å². The van der Waals surface area contributed by atoms with Crippen LogP contribution in [0.15, 0.2) is 24.3 Å². The van der Waals surface area contributed by atoms with Crippen molar-refractivity contribution in [1.29, 1.82) is 0 Å². The lowest BCUT2D eigenvalue weighted by molar-refractivity contribution is -0.453. The maximum absolute atomic E-state index is 14.3. The molecular formula is C20H19F15O2. The number of halogens is 15. The maximum atomic E-state index is 14.3. The molecule has 0 saturated heterocycles. The number of benzene rings is 1. The zero-order valence-electron chi connectivity index (χ0n) is 18.8. The molecule has 0 aliphatic carbocycles. The molecule has 1 aromatic carbocycles. The summed E-state index contributed by atoms with van der Waals surface area (Å²) in [6.45, 7) is 3.67. The van der Waals surface area contributed by atoms with Crippen molar-refractivity contribution in [1.82, 2.24) is 0 Å². The van der Waals surface area contributed by atoms with Crippen molar-refractivity contribution in [3.63, 3.8) is 0 Å². The Hall–Kier alpha value is -2.07. The lowest BCUT2D eigenvalue weighted by Gasteiger charge is -2.42. The van der Waals surface area contributed by atoms with Crippen LogP contribution >= 0.6 is 0 Å². The fraction of sp³-hybridized carbons (Fsp3) is 0.700. The van der Waals surface area contributed by atoms with Crippen molar-refractivity contribution in [2.45, 2.75) is 74.5 Å². The van der Waals surface area contributed by atoms with Crippen LogP contribution in [-0.4, -0.2) is 53.4 Å². The number of hydrogen-bond donors (Lipinski definition) is 1. The van der Waals surface area contributed by atoms with Crippen molar-refractivity contribution in [2.75, 3.05) is 6.61 Å². The van der Waals surface area contributed by atoms with Gasteiger partial charge in [0, 0.05) is 0 Å². The van der Waals surface area contributed by atoms with Crippen LogP contribution < -0.4 is 4.74 Å². The first-order valence-corrected chi connectivity index (χ1v) is 9.89. The minimum atomic E-state index is -8.37. The van der Waals surface area contributed by atoms with Gasteiger partial charge in [0.25, 0.3) is 0 Å².